The standard InChI is InChI=1S/C15H20BrN3S/c16-11-8-15(20-10-11)14(17)9-12-6-7-19(18-12)13-4-2-1-3-5-13/h6-8,10,13-14H,1-5,9,17H2. The van der Waals surface area contributed by atoms with E-state index in [1.54, 1.807) is 11.3 Å². The molecule has 0 amide bonds. The van der Waals surface area contributed by atoms with Crippen molar-refractivity contribution in [1.82, 2.24) is 9.78 Å². The smallest absolute Gasteiger partial charge is 0.0643 e. The van der Waals surface area contributed by atoms with Crippen molar-refractivity contribution in [2.45, 2.75) is 50.6 Å². The first-order valence-electron chi connectivity index (χ1n) is 7.26. The summed E-state index contributed by atoms with van der Waals surface area (Å²) in [6.07, 6.45) is 9.53. The zero-order valence-corrected chi connectivity index (χ0v) is 13.9. The van der Waals surface area contributed by atoms with E-state index >= 15 is 0 Å². The minimum Gasteiger partial charge on any atom is -0.323 e. The molecule has 2 aromatic rings. The van der Waals surface area contributed by atoms with Crippen LogP contribution in [0.15, 0.2) is 28.2 Å². The van der Waals surface area contributed by atoms with Gasteiger partial charge in [-0.25, -0.2) is 0 Å². The Balaban J connectivity index is 1.64. The normalized spacial score (nSPS) is 18.3. The molecular formula is C15H20BrN3S. The first kappa shape index (κ1) is 14.3. The van der Waals surface area contributed by atoms with E-state index in [2.05, 4.69) is 44.3 Å². The van der Waals surface area contributed by atoms with E-state index < -0.39 is 0 Å². The third-order valence-corrected chi connectivity index (χ3v) is 5.82. The van der Waals surface area contributed by atoms with Gasteiger partial charge in [-0.1, -0.05) is 19.3 Å². The largest absolute Gasteiger partial charge is 0.323 e. The predicted molar refractivity (Wildman–Crippen MR) is 87.0 cm³/mol. The molecule has 2 heterocycles. The molecule has 1 fully saturated rings. The Hall–Kier alpha value is -0.650. The molecule has 1 aliphatic carbocycles. The van der Waals surface area contributed by atoms with Crippen LogP contribution in [0.2, 0.25) is 0 Å². The molecule has 0 aliphatic heterocycles. The summed E-state index contributed by atoms with van der Waals surface area (Å²) in [6.45, 7) is 0. The van der Waals surface area contributed by atoms with Gasteiger partial charge in [0.05, 0.1) is 11.7 Å². The van der Waals surface area contributed by atoms with Crippen LogP contribution >= 0.6 is 27.3 Å². The van der Waals surface area contributed by atoms with Crippen LogP contribution in [0.25, 0.3) is 0 Å². The van der Waals surface area contributed by atoms with Gasteiger partial charge in [0.15, 0.2) is 0 Å². The van der Waals surface area contributed by atoms with Gasteiger partial charge < -0.3 is 5.73 Å². The van der Waals surface area contributed by atoms with E-state index in [9.17, 15) is 0 Å². The van der Waals surface area contributed by atoms with Gasteiger partial charge in [-0.15, -0.1) is 11.3 Å². The Kier molecular flexibility index (Phi) is 4.58. The Labute approximate surface area is 132 Å². The zero-order valence-electron chi connectivity index (χ0n) is 11.5. The number of halogens is 1. The summed E-state index contributed by atoms with van der Waals surface area (Å²) >= 11 is 5.18. The lowest BCUT2D eigenvalue weighted by Gasteiger charge is -2.21. The highest BCUT2D eigenvalue weighted by Gasteiger charge is 2.17. The molecule has 0 bridgehead atoms. The van der Waals surface area contributed by atoms with Crippen LogP contribution < -0.4 is 5.73 Å². The van der Waals surface area contributed by atoms with Crippen LogP contribution in [0, 0.1) is 0 Å². The van der Waals surface area contributed by atoms with Gasteiger partial charge in [0.2, 0.25) is 0 Å². The lowest BCUT2D eigenvalue weighted by Crippen LogP contribution is -2.15. The molecule has 1 saturated carbocycles. The first-order chi connectivity index (χ1) is 9.72. The van der Waals surface area contributed by atoms with Crippen molar-refractivity contribution >= 4 is 27.3 Å². The summed E-state index contributed by atoms with van der Waals surface area (Å²) in [5.41, 5.74) is 7.37. The minimum absolute atomic E-state index is 0.0426. The Bertz CT molecular complexity index is 557. The molecule has 2 aromatic heterocycles. The van der Waals surface area contributed by atoms with E-state index in [1.165, 1.54) is 37.0 Å². The van der Waals surface area contributed by atoms with E-state index in [0.717, 1.165) is 16.6 Å². The van der Waals surface area contributed by atoms with Gasteiger partial charge in [0, 0.05) is 33.4 Å². The number of aromatic nitrogens is 2. The number of rotatable bonds is 4. The maximum Gasteiger partial charge on any atom is 0.0643 e. The van der Waals surface area contributed by atoms with E-state index in [4.69, 9.17) is 10.8 Å². The molecule has 2 N–H and O–H groups in total. The van der Waals surface area contributed by atoms with Crippen molar-refractivity contribution < 1.29 is 0 Å². The van der Waals surface area contributed by atoms with E-state index in [1.807, 2.05) is 0 Å². The lowest BCUT2D eigenvalue weighted by atomic mass is 9.96. The van der Waals surface area contributed by atoms with Gasteiger partial charge in [-0.3, -0.25) is 4.68 Å². The fourth-order valence-electron chi connectivity index (χ4n) is 2.88. The second-order valence-corrected chi connectivity index (χ2v) is 7.42. The highest BCUT2D eigenvalue weighted by molar-refractivity contribution is 9.10. The van der Waals surface area contributed by atoms with Gasteiger partial charge in [-0.2, -0.15) is 5.10 Å². The predicted octanol–water partition coefficient (Wildman–Crippen LogP) is 4.45. The Morgan fingerprint density at radius 2 is 2.20 bits per heavy atom. The van der Waals surface area contributed by atoms with Crippen molar-refractivity contribution in [3.63, 3.8) is 0 Å². The molecule has 108 valence electrons. The summed E-state index contributed by atoms with van der Waals surface area (Å²) in [5, 5.41) is 6.81. The van der Waals surface area contributed by atoms with Crippen molar-refractivity contribution in [2.75, 3.05) is 0 Å². The van der Waals surface area contributed by atoms with Crippen LogP contribution in [0.4, 0.5) is 0 Å². The molecule has 1 aliphatic rings. The quantitative estimate of drug-likeness (QED) is 0.881. The number of nitrogens with zero attached hydrogens (tertiary/aromatic N) is 2. The minimum atomic E-state index is 0.0426. The number of thiophene rings is 1. The topological polar surface area (TPSA) is 43.8 Å². The summed E-state index contributed by atoms with van der Waals surface area (Å²) in [5.74, 6) is 0. The third kappa shape index (κ3) is 3.32. The highest BCUT2D eigenvalue weighted by Crippen LogP contribution is 2.29. The fraction of sp³-hybridized carbons (Fsp3) is 0.533. The molecule has 0 saturated heterocycles. The molecule has 0 radical (unpaired) electrons. The fourth-order valence-corrected chi connectivity index (χ4v) is 4.33. The molecular weight excluding hydrogens is 334 g/mol. The molecule has 3 nitrogen and oxygen atoms in total. The number of nitrogens with two attached hydrogens (primary N) is 1. The second kappa shape index (κ2) is 6.41. The Morgan fingerprint density at radius 3 is 2.90 bits per heavy atom. The highest BCUT2D eigenvalue weighted by atomic mass is 79.9. The summed E-state index contributed by atoms with van der Waals surface area (Å²) in [4.78, 5) is 1.21. The first-order valence-corrected chi connectivity index (χ1v) is 8.93. The molecule has 20 heavy (non-hydrogen) atoms. The molecule has 3 rings (SSSR count). The van der Waals surface area contributed by atoms with Crippen LogP contribution in [0.3, 0.4) is 0 Å². The average Bonchev–Trinajstić information content (AvgIpc) is 3.09. The average molecular weight is 354 g/mol. The van der Waals surface area contributed by atoms with Gasteiger partial charge in [-0.05, 0) is 40.9 Å². The monoisotopic (exact) mass is 353 g/mol. The molecule has 0 spiro atoms. The van der Waals surface area contributed by atoms with E-state index in [0.29, 0.717) is 6.04 Å². The van der Waals surface area contributed by atoms with Crippen molar-refractivity contribution in [1.29, 1.82) is 0 Å². The third-order valence-electron chi connectivity index (χ3n) is 3.99. The van der Waals surface area contributed by atoms with Crippen molar-refractivity contribution in [3.8, 4) is 0 Å². The second-order valence-electron chi connectivity index (χ2n) is 5.56. The van der Waals surface area contributed by atoms with Gasteiger partial charge in [0.1, 0.15) is 0 Å². The van der Waals surface area contributed by atoms with Crippen LogP contribution in [-0.4, -0.2) is 9.78 Å². The molecule has 1 unspecified atom stereocenters. The van der Waals surface area contributed by atoms with Gasteiger partial charge in [0.25, 0.3) is 0 Å². The van der Waals surface area contributed by atoms with Crippen molar-refractivity contribution in [2.24, 2.45) is 5.73 Å². The van der Waals surface area contributed by atoms with Crippen LogP contribution in [0.5, 0.6) is 0 Å². The molecule has 5 heteroatoms. The van der Waals surface area contributed by atoms with Gasteiger partial charge >= 0.3 is 0 Å². The Morgan fingerprint density at radius 1 is 1.40 bits per heavy atom. The number of hydrogen-bond donors (Lipinski definition) is 1. The maximum atomic E-state index is 6.27. The van der Waals surface area contributed by atoms with Crippen molar-refractivity contribution in [3.05, 3.63) is 38.8 Å². The number of hydrogen-bond acceptors (Lipinski definition) is 3. The maximum absolute atomic E-state index is 6.27. The SMILES string of the molecule is NC(Cc1ccn(C2CCCCC2)n1)c1cc(Br)cs1. The lowest BCUT2D eigenvalue weighted by molar-refractivity contribution is 0.328. The molecule has 1 atom stereocenters. The van der Waals surface area contributed by atoms with Crippen LogP contribution in [-0.2, 0) is 6.42 Å². The van der Waals surface area contributed by atoms with E-state index in [-0.39, 0.29) is 6.04 Å². The summed E-state index contributed by atoms with van der Waals surface area (Å²) in [7, 11) is 0. The zero-order chi connectivity index (χ0) is 13.9. The van der Waals surface area contributed by atoms with Crippen LogP contribution in [0.1, 0.15) is 54.8 Å². The summed E-state index contributed by atoms with van der Waals surface area (Å²) in [6, 6.07) is 4.87. The summed E-state index contributed by atoms with van der Waals surface area (Å²) < 4.78 is 3.27. The molecule has 0 aromatic carbocycles.